The number of ether oxygens (including phenoxy) is 1. The van der Waals surface area contributed by atoms with Crippen molar-refractivity contribution >= 4 is 21.9 Å². The van der Waals surface area contributed by atoms with Gasteiger partial charge < -0.3 is 10.1 Å². The molecule has 2 unspecified atom stereocenters. The van der Waals surface area contributed by atoms with Gasteiger partial charge in [-0.1, -0.05) is 22.9 Å². The Morgan fingerprint density at radius 1 is 1.41 bits per heavy atom. The molecule has 0 aromatic carbocycles. The van der Waals surface area contributed by atoms with E-state index in [2.05, 4.69) is 45.1 Å². The van der Waals surface area contributed by atoms with E-state index in [0.717, 1.165) is 12.1 Å². The van der Waals surface area contributed by atoms with Crippen LogP contribution in [0.1, 0.15) is 32.9 Å². The molecule has 0 spiro atoms. The number of alkyl halides is 1. The molecular formula is C12H20BrN3O. The first-order valence-corrected chi connectivity index (χ1v) is 6.82. The molecule has 1 aromatic rings. The van der Waals surface area contributed by atoms with Crippen LogP contribution < -0.4 is 10.1 Å². The van der Waals surface area contributed by atoms with Gasteiger partial charge >= 0.3 is 0 Å². The molecule has 0 radical (unpaired) electrons. The smallest absolute Gasteiger partial charge is 0.226 e. The van der Waals surface area contributed by atoms with Crippen LogP contribution in [0, 0.1) is 6.92 Å². The van der Waals surface area contributed by atoms with Crippen molar-refractivity contribution in [2.75, 3.05) is 11.9 Å². The van der Waals surface area contributed by atoms with Crippen molar-refractivity contribution in [3.63, 3.8) is 0 Å². The fourth-order valence-electron chi connectivity index (χ4n) is 1.59. The van der Waals surface area contributed by atoms with Crippen molar-refractivity contribution in [1.29, 1.82) is 0 Å². The van der Waals surface area contributed by atoms with E-state index < -0.39 is 0 Å². The molecule has 17 heavy (non-hydrogen) atoms. The first kappa shape index (κ1) is 14.2. The van der Waals surface area contributed by atoms with E-state index in [1.54, 1.807) is 0 Å². The highest BCUT2D eigenvalue weighted by atomic mass is 79.9. The summed E-state index contributed by atoms with van der Waals surface area (Å²) in [7, 11) is 0. The molecule has 1 heterocycles. The first-order valence-electron chi connectivity index (χ1n) is 5.90. The van der Waals surface area contributed by atoms with Crippen LogP contribution in [0.2, 0.25) is 0 Å². The molecule has 0 amide bonds. The summed E-state index contributed by atoms with van der Waals surface area (Å²) in [6, 6.07) is 2.16. The minimum Gasteiger partial charge on any atom is -0.478 e. The quantitative estimate of drug-likeness (QED) is 0.820. The molecule has 0 saturated heterocycles. The van der Waals surface area contributed by atoms with Crippen molar-refractivity contribution in [1.82, 2.24) is 9.97 Å². The second-order valence-electron chi connectivity index (χ2n) is 4.17. The van der Waals surface area contributed by atoms with E-state index in [4.69, 9.17) is 4.74 Å². The molecule has 1 aromatic heterocycles. The van der Waals surface area contributed by atoms with Crippen LogP contribution in [0.4, 0.5) is 5.95 Å². The Bertz CT molecular complexity index is 358. The summed E-state index contributed by atoms with van der Waals surface area (Å²) in [5.41, 5.74) is 0.907. The van der Waals surface area contributed by atoms with Crippen molar-refractivity contribution in [2.24, 2.45) is 0 Å². The standard InChI is InChI=1S/C12H20BrN3O/c1-5-17-11-7-10(4)15-12(16-11)14-9(3)6-8(2)13/h7-9H,5-6H2,1-4H3,(H,14,15,16). The third-order valence-electron chi connectivity index (χ3n) is 2.18. The molecule has 4 nitrogen and oxygen atoms in total. The average Bonchev–Trinajstić information content (AvgIpc) is 2.14. The molecule has 0 aliphatic rings. The van der Waals surface area contributed by atoms with Crippen molar-refractivity contribution in [3.05, 3.63) is 11.8 Å². The highest BCUT2D eigenvalue weighted by Gasteiger charge is 2.09. The van der Waals surface area contributed by atoms with E-state index in [0.29, 0.717) is 29.3 Å². The zero-order valence-corrected chi connectivity index (χ0v) is 12.4. The lowest BCUT2D eigenvalue weighted by molar-refractivity contribution is 0.326. The third-order valence-corrected chi connectivity index (χ3v) is 2.55. The molecule has 0 aliphatic carbocycles. The van der Waals surface area contributed by atoms with Crippen LogP contribution in [0.3, 0.4) is 0 Å². The summed E-state index contributed by atoms with van der Waals surface area (Å²) in [6.07, 6.45) is 1.02. The molecule has 5 heteroatoms. The van der Waals surface area contributed by atoms with Crippen LogP contribution in [0.25, 0.3) is 0 Å². The maximum atomic E-state index is 5.39. The zero-order chi connectivity index (χ0) is 12.8. The molecule has 0 bridgehead atoms. The zero-order valence-electron chi connectivity index (χ0n) is 10.8. The summed E-state index contributed by atoms with van der Waals surface area (Å²) in [6.45, 7) is 8.74. The van der Waals surface area contributed by atoms with Crippen molar-refractivity contribution in [3.8, 4) is 5.88 Å². The summed E-state index contributed by atoms with van der Waals surface area (Å²) >= 11 is 3.54. The van der Waals surface area contributed by atoms with E-state index >= 15 is 0 Å². The SMILES string of the molecule is CCOc1cc(C)nc(NC(C)CC(C)Br)n1. The maximum Gasteiger partial charge on any atom is 0.226 e. The van der Waals surface area contributed by atoms with Crippen LogP contribution in [0.15, 0.2) is 6.07 Å². The van der Waals surface area contributed by atoms with E-state index in [1.807, 2.05) is 19.9 Å². The molecular weight excluding hydrogens is 282 g/mol. The topological polar surface area (TPSA) is 47.0 Å². The largest absolute Gasteiger partial charge is 0.478 e. The normalized spacial score (nSPS) is 14.2. The number of hydrogen-bond donors (Lipinski definition) is 1. The summed E-state index contributed by atoms with van der Waals surface area (Å²) in [5, 5.41) is 3.28. The lowest BCUT2D eigenvalue weighted by Gasteiger charge is -2.15. The predicted octanol–water partition coefficient (Wildman–Crippen LogP) is 3.16. The highest BCUT2D eigenvalue weighted by molar-refractivity contribution is 9.09. The second kappa shape index (κ2) is 6.79. The third kappa shape index (κ3) is 5.35. The fourth-order valence-corrected chi connectivity index (χ4v) is 2.15. The molecule has 1 N–H and O–H groups in total. The summed E-state index contributed by atoms with van der Waals surface area (Å²) in [5.74, 6) is 1.26. The molecule has 2 atom stereocenters. The lowest BCUT2D eigenvalue weighted by Crippen LogP contribution is -2.20. The number of halogens is 1. The van der Waals surface area contributed by atoms with Gasteiger partial charge in [0.05, 0.1) is 6.61 Å². The average molecular weight is 302 g/mol. The van der Waals surface area contributed by atoms with Gasteiger partial charge in [0.2, 0.25) is 11.8 Å². The number of hydrogen-bond acceptors (Lipinski definition) is 4. The van der Waals surface area contributed by atoms with E-state index in [-0.39, 0.29) is 0 Å². The Hall–Kier alpha value is -0.840. The Morgan fingerprint density at radius 3 is 2.71 bits per heavy atom. The second-order valence-corrected chi connectivity index (χ2v) is 5.73. The fraction of sp³-hybridized carbons (Fsp3) is 0.667. The Morgan fingerprint density at radius 2 is 2.12 bits per heavy atom. The van der Waals surface area contributed by atoms with Gasteiger partial charge in [-0.05, 0) is 27.2 Å². The molecule has 0 fully saturated rings. The lowest BCUT2D eigenvalue weighted by atomic mass is 10.2. The Balaban J connectivity index is 2.69. The number of nitrogens with zero attached hydrogens (tertiary/aromatic N) is 2. The minimum absolute atomic E-state index is 0.320. The van der Waals surface area contributed by atoms with Crippen molar-refractivity contribution < 1.29 is 4.74 Å². The summed E-state index contributed by atoms with van der Waals surface area (Å²) in [4.78, 5) is 9.13. The number of rotatable bonds is 6. The monoisotopic (exact) mass is 301 g/mol. The first-order chi connectivity index (χ1) is 8.01. The number of aromatic nitrogens is 2. The van der Waals surface area contributed by atoms with Crippen LogP contribution in [-0.2, 0) is 0 Å². The van der Waals surface area contributed by atoms with Crippen LogP contribution >= 0.6 is 15.9 Å². The molecule has 0 saturated carbocycles. The number of anilines is 1. The van der Waals surface area contributed by atoms with Crippen LogP contribution in [-0.4, -0.2) is 27.4 Å². The Kier molecular flexibility index (Phi) is 5.68. The van der Waals surface area contributed by atoms with Gasteiger partial charge in [-0.3, -0.25) is 0 Å². The molecule has 96 valence electrons. The van der Waals surface area contributed by atoms with Gasteiger partial charge in [-0.15, -0.1) is 0 Å². The molecule has 1 rings (SSSR count). The maximum absolute atomic E-state index is 5.39. The van der Waals surface area contributed by atoms with E-state index in [1.165, 1.54) is 0 Å². The van der Waals surface area contributed by atoms with Gasteiger partial charge in [0.25, 0.3) is 0 Å². The summed E-state index contributed by atoms with van der Waals surface area (Å²) < 4.78 is 5.39. The van der Waals surface area contributed by atoms with Gasteiger partial charge in [0, 0.05) is 22.6 Å². The van der Waals surface area contributed by atoms with Gasteiger partial charge in [0.15, 0.2) is 0 Å². The number of aryl methyl sites for hydroxylation is 1. The van der Waals surface area contributed by atoms with E-state index in [9.17, 15) is 0 Å². The van der Waals surface area contributed by atoms with Gasteiger partial charge in [-0.2, -0.15) is 4.98 Å². The molecule has 0 aliphatic heterocycles. The van der Waals surface area contributed by atoms with Crippen LogP contribution in [0.5, 0.6) is 5.88 Å². The Labute approximate surface area is 111 Å². The highest BCUT2D eigenvalue weighted by Crippen LogP contribution is 2.15. The van der Waals surface area contributed by atoms with Gasteiger partial charge in [0.1, 0.15) is 0 Å². The minimum atomic E-state index is 0.320. The number of nitrogens with one attached hydrogen (secondary N) is 1. The van der Waals surface area contributed by atoms with Gasteiger partial charge in [-0.25, -0.2) is 4.98 Å². The predicted molar refractivity (Wildman–Crippen MR) is 74.0 cm³/mol. The van der Waals surface area contributed by atoms with Crippen molar-refractivity contribution in [2.45, 2.75) is 45.0 Å².